The van der Waals surface area contributed by atoms with E-state index in [1.165, 1.54) is 0 Å². The molecule has 3 aromatic heterocycles. The van der Waals surface area contributed by atoms with Gasteiger partial charge in [0.1, 0.15) is 18.0 Å². The van der Waals surface area contributed by atoms with Gasteiger partial charge in [0.2, 0.25) is 0 Å². The van der Waals surface area contributed by atoms with Crippen LogP contribution < -0.4 is 4.90 Å². The topological polar surface area (TPSA) is 64.1 Å². The summed E-state index contributed by atoms with van der Waals surface area (Å²) in [6.45, 7) is 5.12. The van der Waals surface area contributed by atoms with E-state index < -0.39 is 0 Å². The Morgan fingerprint density at radius 3 is 3.00 bits per heavy atom. The first-order chi connectivity index (χ1) is 9.79. The molecule has 0 aromatic carbocycles. The Morgan fingerprint density at radius 1 is 1.30 bits per heavy atom. The van der Waals surface area contributed by atoms with Gasteiger partial charge in [0, 0.05) is 37.9 Å². The van der Waals surface area contributed by atoms with E-state index in [0.717, 1.165) is 36.9 Å². The summed E-state index contributed by atoms with van der Waals surface area (Å²) >= 11 is 0. The molecule has 0 spiro atoms. The van der Waals surface area contributed by atoms with Crippen molar-refractivity contribution in [3.05, 3.63) is 36.7 Å². The number of anilines is 1. The molecule has 3 aromatic rings. The standard InChI is InChI=1S/C13H15N7/c1-10-14-4-5-18(10)6-11-7-19(8-11)13-3-2-12-16-15-9-20(12)17-13/h2-5,9,11H,6-8H2,1H3. The molecule has 4 rings (SSSR count). The monoisotopic (exact) mass is 269 g/mol. The Labute approximate surface area is 115 Å². The molecule has 0 N–H and O–H groups in total. The summed E-state index contributed by atoms with van der Waals surface area (Å²) in [7, 11) is 0. The number of imidazole rings is 1. The van der Waals surface area contributed by atoms with Crippen molar-refractivity contribution in [3.8, 4) is 0 Å². The molecule has 7 heteroatoms. The molecule has 1 aliphatic heterocycles. The summed E-state index contributed by atoms with van der Waals surface area (Å²) in [5, 5.41) is 12.3. The van der Waals surface area contributed by atoms with Crippen LogP contribution >= 0.6 is 0 Å². The van der Waals surface area contributed by atoms with Crippen molar-refractivity contribution in [1.29, 1.82) is 0 Å². The second-order valence-corrected chi connectivity index (χ2v) is 5.22. The zero-order chi connectivity index (χ0) is 13.5. The maximum atomic E-state index is 4.50. The highest BCUT2D eigenvalue weighted by Crippen LogP contribution is 2.24. The third-order valence-corrected chi connectivity index (χ3v) is 3.81. The van der Waals surface area contributed by atoms with E-state index in [9.17, 15) is 0 Å². The van der Waals surface area contributed by atoms with Crippen molar-refractivity contribution in [2.75, 3.05) is 18.0 Å². The van der Waals surface area contributed by atoms with Gasteiger partial charge in [-0.3, -0.25) is 0 Å². The Kier molecular flexibility index (Phi) is 2.45. The van der Waals surface area contributed by atoms with Crippen LogP contribution in [0.5, 0.6) is 0 Å². The van der Waals surface area contributed by atoms with Crippen LogP contribution in [0.1, 0.15) is 5.82 Å². The Morgan fingerprint density at radius 2 is 2.20 bits per heavy atom. The lowest BCUT2D eigenvalue weighted by Gasteiger charge is -2.40. The van der Waals surface area contributed by atoms with Crippen LogP contribution in [0.3, 0.4) is 0 Å². The molecule has 0 radical (unpaired) electrons. The summed E-state index contributed by atoms with van der Waals surface area (Å²) in [5.74, 6) is 2.71. The fourth-order valence-corrected chi connectivity index (χ4v) is 2.63. The minimum Gasteiger partial charge on any atom is -0.354 e. The second kappa shape index (κ2) is 4.29. The zero-order valence-corrected chi connectivity index (χ0v) is 11.2. The lowest BCUT2D eigenvalue weighted by molar-refractivity contribution is 0.351. The van der Waals surface area contributed by atoms with Gasteiger partial charge in [-0.2, -0.15) is 4.52 Å². The average Bonchev–Trinajstić information content (AvgIpc) is 3.01. The van der Waals surface area contributed by atoms with Gasteiger partial charge in [0.05, 0.1) is 0 Å². The molecule has 0 unspecified atom stereocenters. The predicted octanol–water partition coefficient (Wildman–Crippen LogP) is 0.766. The summed E-state index contributed by atoms with van der Waals surface area (Å²) < 4.78 is 3.92. The van der Waals surface area contributed by atoms with E-state index in [0.29, 0.717) is 5.92 Å². The molecule has 20 heavy (non-hydrogen) atoms. The highest BCUT2D eigenvalue weighted by molar-refractivity contribution is 5.46. The molecule has 0 aliphatic carbocycles. The van der Waals surface area contributed by atoms with Crippen molar-refractivity contribution < 1.29 is 0 Å². The van der Waals surface area contributed by atoms with Crippen molar-refractivity contribution in [2.24, 2.45) is 5.92 Å². The minimum atomic E-state index is 0.654. The lowest BCUT2D eigenvalue weighted by atomic mass is 10.00. The number of fused-ring (bicyclic) bond motifs is 1. The molecule has 1 fully saturated rings. The predicted molar refractivity (Wildman–Crippen MR) is 73.4 cm³/mol. The molecule has 7 nitrogen and oxygen atoms in total. The largest absolute Gasteiger partial charge is 0.354 e. The van der Waals surface area contributed by atoms with Gasteiger partial charge in [-0.1, -0.05) is 0 Å². The number of hydrogen-bond acceptors (Lipinski definition) is 5. The van der Waals surface area contributed by atoms with Gasteiger partial charge in [-0.05, 0) is 19.1 Å². The third kappa shape index (κ3) is 1.82. The van der Waals surface area contributed by atoms with Crippen molar-refractivity contribution in [3.63, 3.8) is 0 Å². The van der Waals surface area contributed by atoms with Crippen molar-refractivity contribution >= 4 is 11.5 Å². The molecule has 0 bridgehead atoms. The molecule has 0 amide bonds. The van der Waals surface area contributed by atoms with Crippen LogP contribution in [0.2, 0.25) is 0 Å². The first-order valence-corrected chi connectivity index (χ1v) is 6.69. The molecule has 1 saturated heterocycles. The molecule has 4 heterocycles. The van der Waals surface area contributed by atoms with E-state index in [-0.39, 0.29) is 0 Å². The number of aromatic nitrogens is 6. The second-order valence-electron chi connectivity index (χ2n) is 5.22. The Bertz CT molecular complexity index is 738. The number of nitrogens with zero attached hydrogens (tertiary/aromatic N) is 7. The van der Waals surface area contributed by atoms with Gasteiger partial charge in [-0.15, -0.1) is 15.3 Å². The Hall–Kier alpha value is -2.44. The highest BCUT2D eigenvalue weighted by atomic mass is 15.4. The quantitative estimate of drug-likeness (QED) is 0.702. The normalized spacial score (nSPS) is 15.8. The molecular weight excluding hydrogens is 254 g/mol. The van der Waals surface area contributed by atoms with E-state index in [2.05, 4.69) is 29.7 Å². The van der Waals surface area contributed by atoms with Crippen LogP contribution in [0.4, 0.5) is 5.82 Å². The maximum absolute atomic E-state index is 4.50. The van der Waals surface area contributed by atoms with Gasteiger partial charge in [-0.25, -0.2) is 4.98 Å². The first-order valence-electron chi connectivity index (χ1n) is 6.69. The number of hydrogen-bond donors (Lipinski definition) is 0. The summed E-state index contributed by atoms with van der Waals surface area (Å²) in [5.41, 5.74) is 0.778. The smallest absolute Gasteiger partial charge is 0.177 e. The van der Waals surface area contributed by atoms with E-state index in [4.69, 9.17) is 0 Å². The number of rotatable bonds is 3. The first kappa shape index (κ1) is 11.4. The lowest BCUT2D eigenvalue weighted by Crippen LogP contribution is -2.49. The van der Waals surface area contributed by atoms with Crippen molar-refractivity contribution in [1.82, 2.24) is 29.4 Å². The van der Waals surface area contributed by atoms with E-state index >= 15 is 0 Å². The van der Waals surface area contributed by atoms with Gasteiger partial charge in [0.15, 0.2) is 5.65 Å². The third-order valence-electron chi connectivity index (χ3n) is 3.81. The average molecular weight is 269 g/mol. The fourth-order valence-electron chi connectivity index (χ4n) is 2.63. The molecule has 0 saturated carbocycles. The van der Waals surface area contributed by atoms with Crippen LogP contribution in [0.15, 0.2) is 30.9 Å². The van der Waals surface area contributed by atoms with Gasteiger partial charge in [0.25, 0.3) is 0 Å². The molecular formula is C13H15N7. The summed E-state index contributed by atoms with van der Waals surface area (Å²) in [6, 6.07) is 3.95. The SMILES string of the molecule is Cc1nccn1CC1CN(c2ccc3nncn3n2)C1. The van der Waals surface area contributed by atoms with Gasteiger partial charge < -0.3 is 9.47 Å². The van der Waals surface area contributed by atoms with Crippen LogP contribution in [0, 0.1) is 12.8 Å². The highest BCUT2D eigenvalue weighted by Gasteiger charge is 2.28. The molecule has 0 atom stereocenters. The molecule has 1 aliphatic rings. The zero-order valence-electron chi connectivity index (χ0n) is 11.2. The Balaban J connectivity index is 1.44. The van der Waals surface area contributed by atoms with E-state index in [1.807, 2.05) is 31.5 Å². The summed E-state index contributed by atoms with van der Waals surface area (Å²) in [6.07, 6.45) is 5.53. The van der Waals surface area contributed by atoms with Crippen molar-refractivity contribution in [2.45, 2.75) is 13.5 Å². The maximum Gasteiger partial charge on any atom is 0.177 e. The van der Waals surface area contributed by atoms with E-state index in [1.54, 1.807) is 10.8 Å². The minimum absolute atomic E-state index is 0.654. The fraction of sp³-hybridized carbons (Fsp3) is 0.385. The molecule has 102 valence electrons. The van der Waals surface area contributed by atoms with Crippen LogP contribution in [-0.4, -0.2) is 42.5 Å². The van der Waals surface area contributed by atoms with Crippen LogP contribution in [-0.2, 0) is 6.54 Å². The number of aryl methyl sites for hydroxylation is 1. The van der Waals surface area contributed by atoms with Crippen LogP contribution in [0.25, 0.3) is 5.65 Å². The van der Waals surface area contributed by atoms with Gasteiger partial charge >= 0.3 is 0 Å². The summed E-state index contributed by atoms with van der Waals surface area (Å²) in [4.78, 5) is 6.53.